The van der Waals surface area contributed by atoms with Crippen molar-refractivity contribution >= 4 is 51.0 Å². The molecule has 0 aliphatic heterocycles. The molecule has 0 aromatic heterocycles. The van der Waals surface area contributed by atoms with Crippen LogP contribution < -0.4 is 14.8 Å². The first-order valence-corrected chi connectivity index (χ1v) is 12.6. The van der Waals surface area contributed by atoms with Gasteiger partial charge < -0.3 is 14.8 Å². The predicted octanol–water partition coefficient (Wildman–Crippen LogP) is 7.28. The average molecular weight is 588 g/mol. The summed E-state index contributed by atoms with van der Waals surface area (Å²) in [5.41, 5.74) is 3.39. The number of hydrogen-bond acceptors (Lipinski definition) is 4. The summed E-state index contributed by atoms with van der Waals surface area (Å²) in [5.74, 6) is 0.728. The van der Waals surface area contributed by atoms with Crippen LogP contribution in [-0.4, -0.2) is 12.5 Å². The quantitative estimate of drug-likeness (QED) is 0.134. The van der Waals surface area contributed by atoms with E-state index in [1.807, 2.05) is 56.3 Å². The third-order valence-corrected chi connectivity index (χ3v) is 6.28. The van der Waals surface area contributed by atoms with Crippen molar-refractivity contribution in [2.24, 2.45) is 0 Å². The lowest BCUT2D eigenvalue weighted by Gasteiger charge is -2.15. The first-order chi connectivity index (χ1) is 17.5. The number of nitrogens with one attached hydrogen (secondary N) is 1. The van der Waals surface area contributed by atoms with E-state index in [-0.39, 0.29) is 5.57 Å². The number of carbonyl (C=O) groups is 1. The van der Waals surface area contributed by atoms with E-state index in [0.717, 1.165) is 20.1 Å². The van der Waals surface area contributed by atoms with E-state index >= 15 is 0 Å². The van der Waals surface area contributed by atoms with Gasteiger partial charge in [0.25, 0.3) is 5.91 Å². The molecule has 1 amide bonds. The van der Waals surface area contributed by atoms with Gasteiger partial charge in [0.05, 0.1) is 10.2 Å². The molecular weight excluding hydrogens is 563 g/mol. The normalized spacial score (nSPS) is 11.1. The maximum absolute atomic E-state index is 12.7. The van der Waals surface area contributed by atoms with E-state index < -0.39 is 5.91 Å². The van der Waals surface area contributed by atoms with Crippen LogP contribution in [0, 0.1) is 21.8 Å². The minimum absolute atomic E-state index is 0.000383. The number of amides is 1. The summed E-state index contributed by atoms with van der Waals surface area (Å²) < 4.78 is 12.9. The number of aryl methyl sites for hydroxylation is 1. The molecule has 180 valence electrons. The summed E-state index contributed by atoms with van der Waals surface area (Å²) >= 11 is 2.19. The molecule has 36 heavy (non-hydrogen) atoms. The molecule has 6 heteroatoms. The second kappa shape index (κ2) is 11.7. The molecule has 0 saturated heterocycles. The first kappa shape index (κ1) is 25.3. The van der Waals surface area contributed by atoms with Gasteiger partial charge in [0, 0.05) is 5.69 Å². The van der Waals surface area contributed by atoms with E-state index in [1.54, 1.807) is 18.2 Å². The van der Waals surface area contributed by atoms with Gasteiger partial charge in [-0.3, -0.25) is 4.79 Å². The van der Waals surface area contributed by atoms with Crippen molar-refractivity contribution in [1.29, 1.82) is 5.26 Å². The fourth-order valence-corrected chi connectivity index (χ4v) is 4.58. The Morgan fingerprint density at radius 2 is 1.81 bits per heavy atom. The smallest absolute Gasteiger partial charge is 0.266 e. The van der Waals surface area contributed by atoms with Gasteiger partial charge in [0.15, 0.2) is 11.5 Å². The third-order valence-electron chi connectivity index (χ3n) is 5.48. The number of nitrogens with zero attached hydrogens (tertiary/aromatic N) is 1. The van der Waals surface area contributed by atoms with Crippen molar-refractivity contribution in [2.75, 3.05) is 11.9 Å². The zero-order chi connectivity index (χ0) is 25.5. The van der Waals surface area contributed by atoms with Gasteiger partial charge >= 0.3 is 0 Å². The van der Waals surface area contributed by atoms with Crippen LogP contribution in [0.15, 0.2) is 84.4 Å². The fourth-order valence-electron chi connectivity index (χ4n) is 3.79. The minimum atomic E-state index is -0.465. The van der Waals surface area contributed by atoms with Crippen molar-refractivity contribution in [1.82, 2.24) is 0 Å². The monoisotopic (exact) mass is 588 g/mol. The van der Waals surface area contributed by atoms with E-state index in [9.17, 15) is 10.1 Å². The van der Waals surface area contributed by atoms with Crippen LogP contribution in [-0.2, 0) is 11.4 Å². The third kappa shape index (κ3) is 6.23. The topological polar surface area (TPSA) is 71.3 Å². The summed E-state index contributed by atoms with van der Waals surface area (Å²) in [7, 11) is 0. The number of hydrogen-bond donors (Lipinski definition) is 1. The molecule has 5 nitrogen and oxygen atoms in total. The Kier molecular flexibility index (Phi) is 8.24. The van der Waals surface area contributed by atoms with Crippen LogP contribution in [0.3, 0.4) is 0 Å². The van der Waals surface area contributed by atoms with Gasteiger partial charge in [-0.05, 0) is 100 Å². The Hall–Kier alpha value is -3.83. The number of carbonyl (C=O) groups excluding carboxylic acids is 1. The molecule has 4 aromatic rings. The molecule has 0 fully saturated rings. The molecule has 4 rings (SSSR count). The van der Waals surface area contributed by atoms with Gasteiger partial charge in [0.1, 0.15) is 18.2 Å². The second-order valence-electron chi connectivity index (χ2n) is 8.23. The molecule has 0 aliphatic rings. The highest BCUT2D eigenvalue weighted by atomic mass is 127. The Bertz CT molecular complexity index is 1490. The lowest BCUT2D eigenvalue weighted by Crippen LogP contribution is -2.13. The summed E-state index contributed by atoms with van der Waals surface area (Å²) in [5, 5.41) is 14.8. The number of fused-ring (bicyclic) bond motifs is 1. The Balaban J connectivity index is 1.56. The Morgan fingerprint density at radius 1 is 1.00 bits per heavy atom. The van der Waals surface area contributed by atoms with Gasteiger partial charge in [-0.1, -0.05) is 48.5 Å². The Morgan fingerprint density at radius 3 is 2.56 bits per heavy atom. The van der Waals surface area contributed by atoms with Crippen LogP contribution >= 0.6 is 22.6 Å². The molecular formula is C30H25IN2O3. The van der Waals surface area contributed by atoms with Gasteiger partial charge in [-0.15, -0.1) is 0 Å². The zero-order valence-corrected chi connectivity index (χ0v) is 22.2. The van der Waals surface area contributed by atoms with E-state index in [2.05, 4.69) is 58.2 Å². The summed E-state index contributed by atoms with van der Waals surface area (Å²) in [6.07, 6.45) is 1.56. The zero-order valence-electron chi connectivity index (χ0n) is 20.0. The van der Waals surface area contributed by atoms with Gasteiger partial charge in [-0.25, -0.2) is 0 Å². The molecule has 0 bridgehead atoms. The molecule has 0 spiro atoms. The lowest BCUT2D eigenvalue weighted by molar-refractivity contribution is -0.112. The molecule has 0 saturated carbocycles. The van der Waals surface area contributed by atoms with Crippen molar-refractivity contribution in [3.8, 4) is 17.6 Å². The van der Waals surface area contributed by atoms with E-state index in [1.165, 1.54) is 5.39 Å². The number of nitriles is 1. The molecule has 1 N–H and O–H groups in total. The SMILES string of the molecule is CCOc1cc(/C=C(\C#N)C(=O)Nc2cccc(C)c2)cc(I)c1OCc1ccc2ccccc2c1. The van der Waals surface area contributed by atoms with Crippen molar-refractivity contribution < 1.29 is 14.3 Å². The largest absolute Gasteiger partial charge is 0.490 e. The van der Waals surface area contributed by atoms with Gasteiger partial charge in [-0.2, -0.15) is 5.26 Å². The van der Waals surface area contributed by atoms with Crippen LogP contribution in [0.4, 0.5) is 5.69 Å². The highest BCUT2D eigenvalue weighted by Gasteiger charge is 2.15. The maximum Gasteiger partial charge on any atom is 0.266 e. The lowest BCUT2D eigenvalue weighted by atomic mass is 10.1. The van der Waals surface area contributed by atoms with Crippen LogP contribution in [0.25, 0.3) is 16.8 Å². The van der Waals surface area contributed by atoms with E-state index in [4.69, 9.17) is 9.47 Å². The van der Waals surface area contributed by atoms with Crippen LogP contribution in [0.1, 0.15) is 23.6 Å². The summed E-state index contributed by atoms with van der Waals surface area (Å²) in [4.78, 5) is 12.7. The van der Waals surface area contributed by atoms with Crippen molar-refractivity contribution in [3.05, 3.63) is 105 Å². The first-order valence-electron chi connectivity index (χ1n) is 11.5. The molecule has 0 heterocycles. The number of benzene rings is 4. The number of halogens is 1. The number of ether oxygens (including phenoxy) is 2. The average Bonchev–Trinajstić information content (AvgIpc) is 2.87. The van der Waals surface area contributed by atoms with Crippen LogP contribution in [0.2, 0.25) is 0 Å². The van der Waals surface area contributed by atoms with E-state index in [0.29, 0.717) is 36.0 Å². The highest BCUT2D eigenvalue weighted by Crippen LogP contribution is 2.35. The standard InChI is InChI=1S/C30H25IN2O3/c1-3-35-28-17-22(15-25(18-32)30(34)33-26-10-6-7-20(2)13-26)16-27(31)29(28)36-19-21-11-12-23-8-4-5-9-24(23)14-21/h4-17H,3,19H2,1-2H3,(H,33,34)/b25-15+. The summed E-state index contributed by atoms with van der Waals surface area (Å²) in [6, 6.07) is 27.6. The molecule has 4 aromatic carbocycles. The maximum atomic E-state index is 12.7. The van der Waals surface area contributed by atoms with Crippen molar-refractivity contribution in [3.63, 3.8) is 0 Å². The van der Waals surface area contributed by atoms with Crippen molar-refractivity contribution in [2.45, 2.75) is 20.5 Å². The number of rotatable bonds is 8. The fraction of sp³-hybridized carbons (Fsp3) is 0.133. The Labute approximate surface area is 224 Å². The van der Waals surface area contributed by atoms with Crippen LogP contribution in [0.5, 0.6) is 11.5 Å². The number of anilines is 1. The highest BCUT2D eigenvalue weighted by molar-refractivity contribution is 14.1. The molecule has 0 atom stereocenters. The second-order valence-corrected chi connectivity index (χ2v) is 9.39. The molecule has 0 unspecified atom stereocenters. The summed E-state index contributed by atoms with van der Waals surface area (Å²) in [6.45, 7) is 4.68. The molecule has 0 radical (unpaired) electrons. The predicted molar refractivity (Wildman–Crippen MR) is 152 cm³/mol. The van der Waals surface area contributed by atoms with Gasteiger partial charge in [0.2, 0.25) is 0 Å². The molecule has 0 aliphatic carbocycles. The minimum Gasteiger partial charge on any atom is -0.490 e.